The first-order valence-electron chi connectivity index (χ1n) is 31.3. The second kappa shape index (κ2) is 33.4. The van der Waals surface area contributed by atoms with Crippen molar-refractivity contribution in [3.8, 4) is 5.75 Å². The van der Waals surface area contributed by atoms with E-state index in [1.165, 1.54) is 64.5 Å². The minimum Gasteiger partial charge on any atom is -0.508 e. The number of aromatic nitrogens is 1. The van der Waals surface area contributed by atoms with Crippen LogP contribution >= 0.6 is 23.5 Å². The van der Waals surface area contributed by atoms with Gasteiger partial charge in [0.15, 0.2) is 0 Å². The predicted octanol–water partition coefficient (Wildman–Crippen LogP) is 2.98. The Bertz CT molecular complexity index is 3200. The maximum atomic E-state index is 15.1. The third-order valence-corrected chi connectivity index (χ3v) is 19.2. The van der Waals surface area contributed by atoms with Crippen molar-refractivity contribution in [3.05, 3.63) is 101 Å². The number of nitrogens with one attached hydrogen (secondary N) is 8. The van der Waals surface area contributed by atoms with Crippen LogP contribution in [-0.4, -0.2) is 165 Å². The number of aromatic hydroxyl groups is 1. The van der Waals surface area contributed by atoms with Gasteiger partial charge in [0.05, 0.1) is 6.54 Å². The van der Waals surface area contributed by atoms with Crippen molar-refractivity contribution in [2.45, 2.75) is 169 Å². The Morgan fingerprint density at radius 3 is 2.00 bits per heavy atom. The number of phenolic OH excluding ortho intramolecular Hbond substituents is 1. The third-order valence-electron chi connectivity index (χ3n) is 17.1. The van der Waals surface area contributed by atoms with Crippen molar-refractivity contribution in [1.29, 1.82) is 0 Å². The van der Waals surface area contributed by atoms with Gasteiger partial charge in [-0.15, -0.1) is 0 Å². The van der Waals surface area contributed by atoms with E-state index >= 15 is 4.79 Å². The molecule has 10 amide bonds. The Morgan fingerprint density at radius 2 is 1.31 bits per heavy atom. The number of hydrogen-bond donors (Lipinski definition) is 11. The van der Waals surface area contributed by atoms with Gasteiger partial charge < -0.3 is 68.6 Å². The summed E-state index contributed by atoms with van der Waals surface area (Å²) in [5.74, 6) is -5.40. The number of hydrogen-bond acceptors (Lipinski definition) is 14. The van der Waals surface area contributed by atoms with Gasteiger partial charge in [0, 0.05) is 72.5 Å². The number of unbranched alkanes of at least 4 members (excludes halogenated alkanes) is 1. The summed E-state index contributed by atoms with van der Waals surface area (Å²) in [5.41, 5.74) is 15.1. The number of thioether (sulfide) groups is 2. The van der Waals surface area contributed by atoms with E-state index in [0.717, 1.165) is 43.2 Å². The van der Waals surface area contributed by atoms with Crippen LogP contribution in [0.15, 0.2) is 72.9 Å². The SMILES string of the molecule is C[C@@H]1NC(=O)[C@@H]2CCCN2C(=O)[C@H](CC2CCCCC2)NC(=O)[C@H](Cc2c[nH]c3ccc(F)cc23)NC(=O)CNC(=O)[C@H](CCCCN)NC(=O)CCSCc2cccc(c2)CSC[C@@H](C(N)=O)NC(=O)[C@@H]2CCCN2C(=O)[C@H](Cc2ccc(O)cc2)NC1=O. The second-order valence-electron chi connectivity index (χ2n) is 23.9. The second-order valence-corrected chi connectivity index (χ2v) is 26.0. The molecule has 1 saturated carbocycles. The summed E-state index contributed by atoms with van der Waals surface area (Å²) < 4.78 is 14.7. The van der Waals surface area contributed by atoms with Gasteiger partial charge in [-0.2, -0.15) is 23.5 Å². The summed E-state index contributed by atoms with van der Waals surface area (Å²) in [6.07, 6.45) is 8.71. The number of fused-ring (bicyclic) bond motifs is 5. The molecule has 3 fully saturated rings. The molecule has 4 heterocycles. The standard InChI is InChI=1S/C64H85FN12O11S2/c1-38-58(82)73-50(30-40-17-20-45(78)21-18-40)63(87)77-26-9-16-54(77)62(86)75-52(57(67)81)37-90-36-42-13-7-12-41(28-42)35-89-27-23-55(79)71-48(14-5-6-24-66)59(83)69-34-56(80)72-49(31-43-33-68-47-22-19-44(65)32-46(43)47)60(84)74-51(29-39-10-3-2-4-11-39)64(88)76-25-8-15-53(76)61(85)70-38/h7,12-13,17-22,28,32-33,38-39,48-54,68,78H,2-6,8-11,14-16,23-27,29-31,34-37,66H2,1H3,(H2,67,81)(H,69,83)(H,70,85)(H,71,79)(H,72,80)(H,73,82)(H,74,84)(H,75,86)/t38-,48-,49-,50-,51-,52-,53-,54-/m0/s1. The largest absolute Gasteiger partial charge is 0.508 e. The fourth-order valence-electron chi connectivity index (χ4n) is 12.2. The summed E-state index contributed by atoms with van der Waals surface area (Å²) in [6, 6.07) is 8.69. The number of carbonyl (C=O) groups is 10. The third kappa shape index (κ3) is 19.4. The first-order chi connectivity index (χ1) is 43.3. The van der Waals surface area contributed by atoms with Gasteiger partial charge in [-0.05, 0) is 123 Å². The highest BCUT2D eigenvalue weighted by molar-refractivity contribution is 7.98. The number of halogens is 1. The molecule has 3 aromatic carbocycles. The summed E-state index contributed by atoms with van der Waals surface area (Å²) in [5, 5.41) is 30.0. The van der Waals surface area contributed by atoms with Gasteiger partial charge in [-0.1, -0.05) is 68.5 Å². The van der Waals surface area contributed by atoms with Crippen LogP contribution in [-0.2, 0) is 72.3 Å². The van der Waals surface area contributed by atoms with E-state index < -0.39 is 114 Å². The predicted molar refractivity (Wildman–Crippen MR) is 340 cm³/mol. The number of nitrogens with zero attached hydrogens (tertiary/aromatic N) is 2. The van der Waals surface area contributed by atoms with Crippen molar-refractivity contribution in [1.82, 2.24) is 52.0 Å². The van der Waals surface area contributed by atoms with Crippen LogP contribution in [0.5, 0.6) is 5.75 Å². The van der Waals surface area contributed by atoms with Gasteiger partial charge in [-0.3, -0.25) is 47.9 Å². The zero-order valence-electron chi connectivity index (χ0n) is 50.9. The Labute approximate surface area is 531 Å². The van der Waals surface area contributed by atoms with E-state index in [-0.39, 0.29) is 81.4 Å². The number of H-pyrrole nitrogens is 1. The fraction of sp³-hybridized carbons (Fsp3) is 0.531. The van der Waals surface area contributed by atoms with Crippen molar-refractivity contribution in [2.24, 2.45) is 17.4 Å². The quantitative estimate of drug-likeness (QED) is 0.0963. The number of aromatic amines is 1. The van der Waals surface area contributed by atoms with Crippen LogP contribution in [0.25, 0.3) is 10.9 Å². The summed E-state index contributed by atoms with van der Waals surface area (Å²) in [4.78, 5) is 147. The Kier molecular flexibility index (Phi) is 25.3. The number of benzene rings is 3. The molecule has 4 aliphatic rings. The van der Waals surface area contributed by atoms with E-state index in [9.17, 15) is 52.6 Å². The van der Waals surface area contributed by atoms with Gasteiger partial charge in [-0.25, -0.2) is 4.39 Å². The maximum Gasteiger partial charge on any atom is 0.246 e. The summed E-state index contributed by atoms with van der Waals surface area (Å²) >= 11 is 2.89. The monoisotopic (exact) mass is 1280 g/mol. The molecule has 0 radical (unpaired) electrons. The van der Waals surface area contributed by atoms with Gasteiger partial charge in [0.25, 0.3) is 0 Å². The molecule has 2 saturated heterocycles. The Balaban J connectivity index is 1.06. The molecule has 1 aliphatic carbocycles. The molecule has 8 rings (SSSR count). The van der Waals surface area contributed by atoms with Gasteiger partial charge in [0.1, 0.15) is 59.9 Å². The number of rotatable bonds is 11. The zero-order chi connectivity index (χ0) is 64.3. The number of phenols is 1. The molecular formula is C64H85FN12O11S2. The minimum absolute atomic E-state index is 0.0227. The average Bonchev–Trinajstić information content (AvgIpc) is 2.87. The van der Waals surface area contributed by atoms with Crippen LogP contribution in [0.2, 0.25) is 0 Å². The molecular weight excluding hydrogens is 1200 g/mol. The highest BCUT2D eigenvalue weighted by Crippen LogP contribution is 2.30. The number of primary amides is 1. The lowest BCUT2D eigenvalue weighted by atomic mass is 9.84. The lowest BCUT2D eigenvalue weighted by Gasteiger charge is -2.33. The molecule has 1 aromatic heterocycles. The average molecular weight is 1280 g/mol. The van der Waals surface area contributed by atoms with E-state index in [4.69, 9.17) is 11.5 Å². The minimum atomic E-state index is -1.37. The van der Waals surface area contributed by atoms with Crippen LogP contribution in [0.3, 0.4) is 0 Å². The van der Waals surface area contributed by atoms with Gasteiger partial charge >= 0.3 is 0 Å². The normalized spacial score (nSPS) is 25.2. The molecule has 23 nitrogen and oxygen atoms in total. The number of nitrogens with two attached hydrogens (primary N) is 2. The summed E-state index contributed by atoms with van der Waals surface area (Å²) in [7, 11) is 0. The van der Waals surface area contributed by atoms with E-state index in [1.54, 1.807) is 24.4 Å². The molecule has 0 unspecified atom stereocenters. The Morgan fingerprint density at radius 1 is 0.656 bits per heavy atom. The fourth-order valence-corrected chi connectivity index (χ4v) is 14.1. The molecule has 8 atom stereocenters. The molecule has 2 bridgehead atoms. The molecule has 3 aliphatic heterocycles. The van der Waals surface area contributed by atoms with Crippen LogP contribution in [0.1, 0.15) is 119 Å². The van der Waals surface area contributed by atoms with Crippen molar-refractivity contribution in [3.63, 3.8) is 0 Å². The first-order valence-corrected chi connectivity index (χ1v) is 33.6. The number of amides is 10. The van der Waals surface area contributed by atoms with Gasteiger partial charge in [0.2, 0.25) is 59.1 Å². The maximum absolute atomic E-state index is 15.1. The molecule has 4 aromatic rings. The van der Waals surface area contributed by atoms with Crippen molar-refractivity contribution < 1.29 is 57.4 Å². The molecule has 486 valence electrons. The highest BCUT2D eigenvalue weighted by Gasteiger charge is 2.42. The van der Waals surface area contributed by atoms with Crippen molar-refractivity contribution >= 4 is 93.5 Å². The smallest absolute Gasteiger partial charge is 0.246 e. The lowest BCUT2D eigenvalue weighted by molar-refractivity contribution is -0.143. The highest BCUT2D eigenvalue weighted by atomic mass is 32.2. The number of carbonyl (C=O) groups excluding carboxylic acids is 10. The first kappa shape index (κ1) is 68.2. The van der Waals surface area contributed by atoms with E-state index in [0.29, 0.717) is 71.5 Å². The topological polar surface area (TPSA) is 349 Å². The summed E-state index contributed by atoms with van der Waals surface area (Å²) in [6.45, 7) is 1.50. The molecule has 90 heavy (non-hydrogen) atoms. The van der Waals surface area contributed by atoms with Crippen LogP contribution in [0, 0.1) is 11.7 Å². The van der Waals surface area contributed by atoms with Crippen LogP contribution in [0.4, 0.5) is 4.39 Å². The van der Waals surface area contributed by atoms with Crippen LogP contribution < -0.4 is 48.7 Å². The molecule has 0 spiro atoms. The molecule has 26 heteroatoms. The van der Waals surface area contributed by atoms with E-state index in [1.807, 2.05) is 24.3 Å². The van der Waals surface area contributed by atoms with Crippen molar-refractivity contribution in [2.75, 3.05) is 37.7 Å². The lowest BCUT2D eigenvalue weighted by Crippen LogP contribution is -2.60. The zero-order valence-corrected chi connectivity index (χ0v) is 52.5. The molecule has 13 N–H and O–H groups in total. The Hall–Kier alpha value is -7.71. The van der Waals surface area contributed by atoms with E-state index in [2.05, 4.69) is 42.2 Å².